The molecular weight excluding hydrogens is 238 g/mol. The van der Waals surface area contributed by atoms with Crippen molar-refractivity contribution in [2.75, 3.05) is 27.3 Å². The van der Waals surface area contributed by atoms with Crippen LogP contribution in [0.4, 0.5) is 0 Å². The van der Waals surface area contributed by atoms with Crippen LogP contribution in [0.25, 0.3) is 0 Å². The van der Waals surface area contributed by atoms with Crippen molar-refractivity contribution in [2.45, 2.75) is 32.8 Å². The highest BCUT2D eigenvalue weighted by atomic mass is 16.5. The Balaban J connectivity index is 2.29. The summed E-state index contributed by atoms with van der Waals surface area (Å²) in [4.78, 5) is 0. The van der Waals surface area contributed by atoms with E-state index in [2.05, 4.69) is 37.4 Å². The number of nitrogens with one attached hydrogen (secondary N) is 1. The minimum absolute atomic E-state index is 0.176. The summed E-state index contributed by atoms with van der Waals surface area (Å²) >= 11 is 0. The number of methoxy groups -OCH3 is 1. The lowest BCUT2D eigenvalue weighted by molar-refractivity contribution is 0.0637. The molecular formula is C16H25NO2. The zero-order valence-corrected chi connectivity index (χ0v) is 12.5. The summed E-state index contributed by atoms with van der Waals surface area (Å²) < 4.78 is 11.3. The van der Waals surface area contributed by atoms with Gasteiger partial charge < -0.3 is 14.8 Å². The molecule has 0 radical (unpaired) electrons. The molecule has 2 rings (SSSR count). The Bertz CT molecular complexity index is 433. The summed E-state index contributed by atoms with van der Waals surface area (Å²) in [5.41, 5.74) is 2.74. The second-order valence-electron chi connectivity index (χ2n) is 5.65. The van der Waals surface area contributed by atoms with E-state index in [4.69, 9.17) is 9.47 Å². The Labute approximate surface area is 116 Å². The molecule has 1 fully saturated rings. The summed E-state index contributed by atoms with van der Waals surface area (Å²) in [5.74, 6) is 0.986. The van der Waals surface area contributed by atoms with Crippen LogP contribution < -0.4 is 10.1 Å². The third-order valence-corrected chi connectivity index (χ3v) is 4.34. The molecule has 1 aromatic carbocycles. The van der Waals surface area contributed by atoms with Crippen LogP contribution in [0.3, 0.4) is 0 Å². The third kappa shape index (κ3) is 2.93. The third-order valence-electron chi connectivity index (χ3n) is 4.34. The highest BCUT2D eigenvalue weighted by molar-refractivity contribution is 5.38. The van der Waals surface area contributed by atoms with Crippen LogP contribution in [0.2, 0.25) is 0 Å². The highest BCUT2D eigenvalue weighted by Crippen LogP contribution is 2.39. The normalized spacial score (nSPS) is 26.6. The molecule has 1 aromatic rings. The fraction of sp³-hybridized carbons (Fsp3) is 0.625. The molecule has 1 heterocycles. The summed E-state index contributed by atoms with van der Waals surface area (Å²) in [6.07, 6.45) is 2.39. The van der Waals surface area contributed by atoms with Gasteiger partial charge in [-0.25, -0.2) is 0 Å². The molecule has 0 aliphatic carbocycles. The van der Waals surface area contributed by atoms with E-state index >= 15 is 0 Å². The minimum Gasteiger partial charge on any atom is -0.496 e. The van der Waals surface area contributed by atoms with E-state index in [0.29, 0.717) is 0 Å². The van der Waals surface area contributed by atoms with Crippen LogP contribution in [0.1, 0.15) is 24.5 Å². The van der Waals surface area contributed by atoms with Crippen LogP contribution in [-0.4, -0.2) is 33.4 Å². The standard InChI is InChI=1S/C16H25NO2/c1-12-5-6-15(18-4)14(9-12)10-16(11-17-3)7-8-19-13(16)2/h5-6,9,13,17H,7-8,10-11H2,1-4H3. The van der Waals surface area contributed by atoms with E-state index in [0.717, 1.165) is 31.7 Å². The molecule has 0 amide bonds. The van der Waals surface area contributed by atoms with E-state index in [1.807, 2.05) is 7.05 Å². The maximum atomic E-state index is 5.82. The van der Waals surface area contributed by atoms with Gasteiger partial charge in [-0.05, 0) is 45.4 Å². The number of rotatable bonds is 5. The number of benzene rings is 1. The summed E-state index contributed by atoms with van der Waals surface area (Å²) in [6, 6.07) is 6.40. The molecule has 0 bridgehead atoms. The van der Waals surface area contributed by atoms with Crippen LogP contribution in [0.5, 0.6) is 5.75 Å². The first-order valence-electron chi connectivity index (χ1n) is 7.01. The highest BCUT2D eigenvalue weighted by Gasteiger charge is 2.41. The number of hydrogen-bond donors (Lipinski definition) is 1. The van der Waals surface area contributed by atoms with Gasteiger partial charge in [-0.1, -0.05) is 17.7 Å². The molecule has 0 spiro atoms. The molecule has 1 aliphatic rings. The minimum atomic E-state index is 0.176. The zero-order valence-electron chi connectivity index (χ0n) is 12.5. The van der Waals surface area contributed by atoms with Crippen molar-refractivity contribution in [3.63, 3.8) is 0 Å². The van der Waals surface area contributed by atoms with Crippen LogP contribution in [-0.2, 0) is 11.2 Å². The van der Waals surface area contributed by atoms with Gasteiger partial charge in [0.25, 0.3) is 0 Å². The van der Waals surface area contributed by atoms with Crippen molar-refractivity contribution in [1.29, 1.82) is 0 Å². The van der Waals surface area contributed by atoms with Crippen LogP contribution in [0.15, 0.2) is 18.2 Å². The van der Waals surface area contributed by atoms with E-state index < -0.39 is 0 Å². The van der Waals surface area contributed by atoms with Gasteiger partial charge in [-0.2, -0.15) is 0 Å². The molecule has 2 unspecified atom stereocenters. The Hall–Kier alpha value is -1.06. The van der Waals surface area contributed by atoms with Crippen molar-refractivity contribution in [2.24, 2.45) is 5.41 Å². The van der Waals surface area contributed by atoms with Crippen molar-refractivity contribution >= 4 is 0 Å². The largest absolute Gasteiger partial charge is 0.496 e. The first-order chi connectivity index (χ1) is 9.11. The predicted molar refractivity (Wildman–Crippen MR) is 77.8 cm³/mol. The lowest BCUT2D eigenvalue weighted by Crippen LogP contribution is -2.40. The van der Waals surface area contributed by atoms with Gasteiger partial charge in [0, 0.05) is 18.6 Å². The van der Waals surface area contributed by atoms with Crippen molar-refractivity contribution in [1.82, 2.24) is 5.32 Å². The molecule has 1 aliphatic heterocycles. The fourth-order valence-electron chi connectivity index (χ4n) is 3.12. The molecule has 1 saturated heterocycles. The van der Waals surface area contributed by atoms with Gasteiger partial charge >= 0.3 is 0 Å². The SMILES string of the molecule is CNCC1(Cc2cc(C)ccc2OC)CCOC1C. The molecule has 0 aromatic heterocycles. The van der Waals surface area contributed by atoms with Gasteiger partial charge in [0.05, 0.1) is 13.2 Å². The number of hydrogen-bond acceptors (Lipinski definition) is 3. The smallest absolute Gasteiger partial charge is 0.122 e. The maximum Gasteiger partial charge on any atom is 0.122 e. The summed E-state index contributed by atoms with van der Waals surface area (Å²) in [5, 5.41) is 3.33. The average molecular weight is 263 g/mol. The van der Waals surface area contributed by atoms with Gasteiger partial charge in [-0.15, -0.1) is 0 Å². The maximum absolute atomic E-state index is 5.82. The van der Waals surface area contributed by atoms with Gasteiger partial charge in [0.15, 0.2) is 0 Å². The quantitative estimate of drug-likeness (QED) is 0.885. The lowest BCUT2D eigenvalue weighted by atomic mass is 9.76. The average Bonchev–Trinajstić information content (AvgIpc) is 2.72. The fourth-order valence-corrected chi connectivity index (χ4v) is 3.12. The number of ether oxygens (including phenoxy) is 2. The molecule has 1 N–H and O–H groups in total. The first kappa shape index (κ1) is 14.4. The van der Waals surface area contributed by atoms with E-state index in [-0.39, 0.29) is 11.5 Å². The molecule has 3 nitrogen and oxygen atoms in total. The van der Waals surface area contributed by atoms with Crippen molar-refractivity contribution in [3.8, 4) is 5.75 Å². The second-order valence-corrected chi connectivity index (χ2v) is 5.65. The van der Waals surface area contributed by atoms with Crippen LogP contribution >= 0.6 is 0 Å². The monoisotopic (exact) mass is 263 g/mol. The predicted octanol–water partition coefficient (Wildman–Crippen LogP) is 2.56. The van der Waals surface area contributed by atoms with E-state index in [1.165, 1.54) is 11.1 Å². The first-order valence-corrected chi connectivity index (χ1v) is 7.01. The van der Waals surface area contributed by atoms with E-state index in [1.54, 1.807) is 7.11 Å². The molecule has 106 valence electrons. The van der Waals surface area contributed by atoms with Gasteiger partial charge in [0.1, 0.15) is 5.75 Å². The van der Waals surface area contributed by atoms with Crippen molar-refractivity contribution in [3.05, 3.63) is 29.3 Å². The Morgan fingerprint density at radius 1 is 1.47 bits per heavy atom. The van der Waals surface area contributed by atoms with Crippen LogP contribution in [0, 0.1) is 12.3 Å². The van der Waals surface area contributed by atoms with Gasteiger partial charge in [0.2, 0.25) is 0 Å². The van der Waals surface area contributed by atoms with Crippen molar-refractivity contribution < 1.29 is 9.47 Å². The summed E-state index contributed by atoms with van der Waals surface area (Å²) in [7, 11) is 3.76. The molecule has 3 heteroatoms. The Kier molecular flexibility index (Phi) is 4.48. The zero-order chi connectivity index (χ0) is 13.9. The Morgan fingerprint density at radius 3 is 2.84 bits per heavy atom. The Morgan fingerprint density at radius 2 is 2.26 bits per heavy atom. The second kappa shape index (κ2) is 5.93. The molecule has 0 saturated carbocycles. The van der Waals surface area contributed by atoms with E-state index in [9.17, 15) is 0 Å². The van der Waals surface area contributed by atoms with Gasteiger partial charge in [-0.3, -0.25) is 0 Å². The lowest BCUT2D eigenvalue weighted by Gasteiger charge is -2.32. The number of aryl methyl sites for hydroxylation is 1. The topological polar surface area (TPSA) is 30.5 Å². The molecule has 2 atom stereocenters. The molecule has 19 heavy (non-hydrogen) atoms. The summed E-state index contributed by atoms with van der Waals surface area (Å²) in [6.45, 7) is 6.15.